The van der Waals surface area contributed by atoms with Crippen molar-refractivity contribution in [1.29, 1.82) is 0 Å². The van der Waals surface area contributed by atoms with Crippen molar-refractivity contribution < 1.29 is 8.42 Å². The van der Waals surface area contributed by atoms with Gasteiger partial charge in [0.05, 0.1) is 4.90 Å². The summed E-state index contributed by atoms with van der Waals surface area (Å²) in [6.07, 6.45) is 2.33. The van der Waals surface area contributed by atoms with Crippen LogP contribution in [0.2, 0.25) is 0 Å². The number of anilines is 1. The second-order valence-electron chi connectivity index (χ2n) is 5.24. The minimum Gasteiger partial charge on any atom is -0.398 e. The zero-order valence-corrected chi connectivity index (χ0v) is 14.4. The molecule has 1 aromatic rings. The summed E-state index contributed by atoms with van der Waals surface area (Å²) in [5, 5.41) is 0. The van der Waals surface area contributed by atoms with Crippen LogP contribution in [0.1, 0.15) is 31.4 Å². The molecule has 1 heterocycles. The lowest BCUT2D eigenvalue weighted by Gasteiger charge is -2.22. The van der Waals surface area contributed by atoms with E-state index in [1.165, 1.54) is 0 Å². The molecular formula is C15H24N2O2S2. The van der Waals surface area contributed by atoms with Crippen molar-refractivity contribution in [1.82, 2.24) is 4.31 Å². The lowest BCUT2D eigenvalue weighted by Crippen LogP contribution is -2.33. The number of sulfonamides is 1. The Morgan fingerprint density at radius 1 is 1.19 bits per heavy atom. The number of benzene rings is 1. The molecule has 0 bridgehead atoms. The Morgan fingerprint density at radius 2 is 1.95 bits per heavy atom. The normalized spacial score (nSPS) is 17.6. The third-order valence-electron chi connectivity index (χ3n) is 3.86. The van der Waals surface area contributed by atoms with E-state index in [1.807, 2.05) is 37.7 Å². The second kappa shape index (κ2) is 7.03. The summed E-state index contributed by atoms with van der Waals surface area (Å²) in [7, 11) is -3.44. The van der Waals surface area contributed by atoms with Crippen LogP contribution in [-0.4, -0.2) is 37.3 Å². The van der Waals surface area contributed by atoms with Gasteiger partial charge in [-0.15, -0.1) is 0 Å². The lowest BCUT2D eigenvalue weighted by molar-refractivity contribution is 0.434. The summed E-state index contributed by atoms with van der Waals surface area (Å²) in [6.45, 7) is 5.16. The van der Waals surface area contributed by atoms with Crippen molar-refractivity contribution in [3.8, 4) is 0 Å². The van der Waals surface area contributed by atoms with Gasteiger partial charge in [0.15, 0.2) is 0 Å². The van der Waals surface area contributed by atoms with E-state index in [0.717, 1.165) is 35.5 Å². The third kappa shape index (κ3) is 3.55. The molecule has 2 N–H and O–H groups in total. The molecule has 1 saturated heterocycles. The van der Waals surface area contributed by atoms with Crippen LogP contribution in [0.25, 0.3) is 0 Å². The van der Waals surface area contributed by atoms with E-state index in [9.17, 15) is 8.42 Å². The molecular weight excluding hydrogens is 304 g/mol. The zero-order valence-electron chi connectivity index (χ0n) is 12.8. The van der Waals surface area contributed by atoms with Gasteiger partial charge in [0, 0.05) is 24.5 Å². The van der Waals surface area contributed by atoms with Gasteiger partial charge in [0.1, 0.15) is 0 Å². The lowest BCUT2D eigenvalue weighted by atomic mass is 10.1. The number of nitrogens with zero attached hydrogens (tertiary/aromatic N) is 1. The molecule has 0 spiro atoms. The Labute approximate surface area is 132 Å². The van der Waals surface area contributed by atoms with Crippen LogP contribution in [0.4, 0.5) is 5.69 Å². The molecule has 6 heteroatoms. The summed E-state index contributed by atoms with van der Waals surface area (Å²) in [5.74, 6) is 1.90. The van der Waals surface area contributed by atoms with E-state index in [1.54, 1.807) is 4.31 Å². The van der Waals surface area contributed by atoms with E-state index in [0.29, 0.717) is 30.1 Å². The first-order valence-corrected chi connectivity index (χ1v) is 10.1. The van der Waals surface area contributed by atoms with Crippen molar-refractivity contribution >= 4 is 27.5 Å². The number of rotatable bonds is 4. The molecule has 0 aromatic heterocycles. The molecule has 21 heavy (non-hydrogen) atoms. The fraction of sp³-hybridized carbons (Fsp3) is 0.600. The summed E-state index contributed by atoms with van der Waals surface area (Å²) in [5.41, 5.74) is 8.41. The molecule has 0 aliphatic carbocycles. The van der Waals surface area contributed by atoms with Crippen molar-refractivity contribution in [2.24, 2.45) is 0 Å². The Hall–Kier alpha value is -0.720. The highest BCUT2D eigenvalue weighted by Gasteiger charge is 2.28. The first kappa shape index (κ1) is 16.6. The molecule has 1 aliphatic rings. The van der Waals surface area contributed by atoms with Gasteiger partial charge < -0.3 is 5.73 Å². The topological polar surface area (TPSA) is 63.4 Å². The minimum absolute atomic E-state index is 0.411. The van der Waals surface area contributed by atoms with Gasteiger partial charge in [-0.25, -0.2) is 8.42 Å². The molecule has 0 amide bonds. The van der Waals surface area contributed by atoms with Gasteiger partial charge in [-0.1, -0.05) is 13.8 Å². The summed E-state index contributed by atoms with van der Waals surface area (Å²) >= 11 is 1.82. The van der Waals surface area contributed by atoms with Crippen LogP contribution in [0.15, 0.2) is 17.0 Å². The smallest absolute Gasteiger partial charge is 0.243 e. The molecule has 0 radical (unpaired) electrons. The maximum absolute atomic E-state index is 13.0. The maximum Gasteiger partial charge on any atom is 0.243 e. The maximum atomic E-state index is 13.0. The average Bonchev–Trinajstić information content (AvgIpc) is 2.75. The average molecular weight is 329 g/mol. The number of hydrogen-bond acceptors (Lipinski definition) is 4. The molecule has 0 saturated carbocycles. The Kier molecular flexibility index (Phi) is 5.57. The van der Waals surface area contributed by atoms with Crippen molar-refractivity contribution in [3.05, 3.63) is 23.3 Å². The molecule has 1 fully saturated rings. The number of nitrogens with two attached hydrogens (primary N) is 1. The van der Waals surface area contributed by atoms with E-state index in [-0.39, 0.29) is 0 Å². The predicted octanol–water partition coefficient (Wildman–Crippen LogP) is 2.52. The Balaban J connectivity index is 2.49. The van der Waals surface area contributed by atoms with Crippen LogP contribution in [0.3, 0.4) is 0 Å². The number of nitrogen functional groups attached to an aromatic ring is 1. The molecule has 1 aliphatic heterocycles. The first-order chi connectivity index (χ1) is 10.0. The minimum atomic E-state index is -3.44. The van der Waals surface area contributed by atoms with Crippen LogP contribution in [0.5, 0.6) is 0 Å². The largest absolute Gasteiger partial charge is 0.398 e. The fourth-order valence-corrected chi connectivity index (χ4v) is 5.50. The van der Waals surface area contributed by atoms with Gasteiger partial charge in [0.2, 0.25) is 10.0 Å². The summed E-state index contributed by atoms with van der Waals surface area (Å²) in [6, 6.07) is 3.71. The van der Waals surface area contributed by atoms with Gasteiger partial charge >= 0.3 is 0 Å². The SMILES string of the molecule is CCc1cc(N)c(CC)c(S(=O)(=O)N2CCCSCC2)c1. The van der Waals surface area contributed by atoms with Crippen LogP contribution >= 0.6 is 11.8 Å². The van der Waals surface area contributed by atoms with Crippen LogP contribution < -0.4 is 5.73 Å². The van der Waals surface area contributed by atoms with Crippen molar-refractivity contribution in [3.63, 3.8) is 0 Å². The van der Waals surface area contributed by atoms with Crippen LogP contribution in [0, 0.1) is 0 Å². The Morgan fingerprint density at radius 3 is 2.62 bits per heavy atom. The van der Waals surface area contributed by atoms with E-state index in [4.69, 9.17) is 5.73 Å². The van der Waals surface area contributed by atoms with E-state index in [2.05, 4.69) is 0 Å². The highest BCUT2D eigenvalue weighted by molar-refractivity contribution is 7.99. The molecule has 118 valence electrons. The van der Waals surface area contributed by atoms with Crippen molar-refractivity contribution in [2.45, 2.75) is 38.0 Å². The summed E-state index contributed by atoms with van der Waals surface area (Å²) in [4.78, 5) is 0.411. The van der Waals surface area contributed by atoms with Gasteiger partial charge in [0.25, 0.3) is 0 Å². The molecule has 0 unspecified atom stereocenters. The molecule has 2 rings (SSSR count). The van der Waals surface area contributed by atoms with E-state index >= 15 is 0 Å². The van der Waals surface area contributed by atoms with Gasteiger partial charge in [-0.05, 0) is 48.3 Å². The Bertz CT molecular complexity index is 592. The van der Waals surface area contributed by atoms with E-state index < -0.39 is 10.0 Å². The molecule has 0 atom stereocenters. The second-order valence-corrected chi connectivity index (χ2v) is 8.37. The fourth-order valence-electron chi connectivity index (χ4n) is 2.64. The van der Waals surface area contributed by atoms with Crippen LogP contribution in [-0.2, 0) is 22.9 Å². The summed E-state index contributed by atoms with van der Waals surface area (Å²) < 4.78 is 27.6. The number of hydrogen-bond donors (Lipinski definition) is 1. The molecule has 1 aromatic carbocycles. The predicted molar refractivity (Wildman–Crippen MR) is 90.3 cm³/mol. The van der Waals surface area contributed by atoms with Gasteiger partial charge in [-0.3, -0.25) is 0 Å². The highest BCUT2D eigenvalue weighted by atomic mass is 32.2. The number of aryl methyl sites for hydroxylation is 1. The standard InChI is InChI=1S/C15H24N2O2S2/c1-3-12-10-14(16)13(4-2)15(11-12)21(18,19)17-6-5-8-20-9-7-17/h10-11H,3-9,16H2,1-2H3. The number of thioether (sulfide) groups is 1. The monoisotopic (exact) mass is 328 g/mol. The third-order valence-corrected chi connectivity index (χ3v) is 6.88. The zero-order chi connectivity index (χ0) is 15.5. The van der Waals surface area contributed by atoms with Crippen molar-refractivity contribution in [2.75, 3.05) is 30.3 Å². The first-order valence-electron chi connectivity index (χ1n) is 7.49. The van der Waals surface area contributed by atoms with Gasteiger partial charge in [-0.2, -0.15) is 16.1 Å². The molecule has 4 nitrogen and oxygen atoms in total. The quantitative estimate of drug-likeness (QED) is 0.863. The highest BCUT2D eigenvalue weighted by Crippen LogP contribution is 2.29.